The minimum atomic E-state index is 0.000833. The lowest BCUT2D eigenvalue weighted by molar-refractivity contribution is 0.357. The summed E-state index contributed by atoms with van der Waals surface area (Å²) in [5.41, 5.74) is 9.77. The molecule has 1 heterocycles. The number of allylic oxidation sites excluding steroid dienone is 1. The predicted molar refractivity (Wildman–Crippen MR) is 62.0 cm³/mol. The first-order chi connectivity index (χ1) is 7.16. The predicted octanol–water partition coefficient (Wildman–Crippen LogP) is 2.59. The van der Waals surface area contributed by atoms with Crippen LogP contribution in [-0.2, 0) is 6.42 Å². The van der Waals surface area contributed by atoms with Crippen LogP contribution in [0.15, 0.2) is 29.8 Å². The summed E-state index contributed by atoms with van der Waals surface area (Å²) in [5, 5.41) is 0. The van der Waals surface area contributed by atoms with Crippen LogP contribution in [0.2, 0.25) is 0 Å². The van der Waals surface area contributed by atoms with Crippen molar-refractivity contribution in [3.63, 3.8) is 0 Å². The Morgan fingerprint density at radius 3 is 3.00 bits per heavy atom. The molecule has 2 heteroatoms. The fourth-order valence-electron chi connectivity index (χ4n) is 1.87. The Balaban J connectivity index is 2.26. The van der Waals surface area contributed by atoms with Crippen LogP contribution in [-0.4, -0.2) is 6.61 Å². The number of ether oxygens (including phenoxy) is 1. The number of benzene rings is 1. The molecule has 0 aromatic heterocycles. The summed E-state index contributed by atoms with van der Waals surface area (Å²) in [4.78, 5) is 0. The third-order valence-corrected chi connectivity index (χ3v) is 2.61. The van der Waals surface area contributed by atoms with Crippen LogP contribution in [0, 0.1) is 0 Å². The van der Waals surface area contributed by atoms with E-state index in [1.807, 2.05) is 12.1 Å². The van der Waals surface area contributed by atoms with E-state index in [1.165, 1.54) is 16.7 Å². The first kappa shape index (κ1) is 10.2. The van der Waals surface area contributed by atoms with Gasteiger partial charge >= 0.3 is 0 Å². The highest BCUT2D eigenvalue weighted by molar-refractivity contribution is 5.41. The van der Waals surface area contributed by atoms with Gasteiger partial charge in [0, 0.05) is 12.5 Å². The van der Waals surface area contributed by atoms with Crippen molar-refractivity contribution in [3.8, 4) is 5.75 Å². The van der Waals surface area contributed by atoms with Gasteiger partial charge in [0.15, 0.2) is 0 Å². The number of fused-ring (bicyclic) bond motifs is 1. The fourth-order valence-corrected chi connectivity index (χ4v) is 1.87. The number of rotatable bonds is 2. The highest BCUT2D eigenvalue weighted by atomic mass is 16.5. The van der Waals surface area contributed by atoms with Crippen LogP contribution in [0.1, 0.15) is 31.0 Å². The van der Waals surface area contributed by atoms with Gasteiger partial charge in [0.25, 0.3) is 0 Å². The van der Waals surface area contributed by atoms with Gasteiger partial charge in [0.05, 0.1) is 6.61 Å². The van der Waals surface area contributed by atoms with Gasteiger partial charge in [-0.3, -0.25) is 0 Å². The monoisotopic (exact) mass is 203 g/mol. The molecule has 1 unspecified atom stereocenters. The zero-order valence-electron chi connectivity index (χ0n) is 9.29. The van der Waals surface area contributed by atoms with E-state index < -0.39 is 0 Å². The lowest BCUT2D eigenvalue weighted by atomic mass is 10.0. The molecule has 0 spiro atoms. The third kappa shape index (κ3) is 2.21. The largest absolute Gasteiger partial charge is 0.493 e. The Kier molecular flexibility index (Phi) is 2.78. The standard InChI is InChI=1S/C13H17NO/c1-9(2)7-12(14)10-3-4-13-11(8-10)5-6-15-13/h3-4,7-8,12H,5-6,14H2,1-2H3. The molecule has 1 aromatic carbocycles. The van der Waals surface area contributed by atoms with Crippen LogP contribution in [0.3, 0.4) is 0 Å². The molecule has 1 aromatic rings. The molecule has 0 aliphatic carbocycles. The maximum absolute atomic E-state index is 6.07. The van der Waals surface area contributed by atoms with Crippen LogP contribution < -0.4 is 10.5 Å². The molecule has 1 aliphatic heterocycles. The Hall–Kier alpha value is -1.28. The Morgan fingerprint density at radius 1 is 1.47 bits per heavy atom. The maximum atomic E-state index is 6.07. The smallest absolute Gasteiger partial charge is 0.122 e. The summed E-state index contributed by atoms with van der Waals surface area (Å²) in [5.74, 6) is 1.02. The topological polar surface area (TPSA) is 35.2 Å². The lowest BCUT2D eigenvalue weighted by Crippen LogP contribution is -2.07. The van der Waals surface area contributed by atoms with Crippen molar-refractivity contribution in [1.29, 1.82) is 0 Å². The second kappa shape index (κ2) is 4.07. The summed E-state index contributed by atoms with van der Waals surface area (Å²) >= 11 is 0. The molecule has 2 nitrogen and oxygen atoms in total. The Morgan fingerprint density at radius 2 is 2.27 bits per heavy atom. The molecule has 0 saturated carbocycles. The summed E-state index contributed by atoms with van der Waals surface area (Å²) < 4.78 is 5.46. The van der Waals surface area contributed by atoms with Crippen molar-refractivity contribution < 1.29 is 4.74 Å². The van der Waals surface area contributed by atoms with E-state index in [4.69, 9.17) is 10.5 Å². The molecule has 2 N–H and O–H groups in total. The van der Waals surface area contributed by atoms with Crippen molar-refractivity contribution >= 4 is 0 Å². The molecule has 2 rings (SSSR count). The lowest BCUT2D eigenvalue weighted by Gasteiger charge is -2.09. The average Bonchev–Trinajstić information content (AvgIpc) is 2.62. The van der Waals surface area contributed by atoms with Crippen molar-refractivity contribution in [2.45, 2.75) is 26.3 Å². The highest BCUT2D eigenvalue weighted by Gasteiger charge is 2.13. The molecule has 1 atom stereocenters. The zero-order valence-corrected chi connectivity index (χ0v) is 9.29. The quantitative estimate of drug-likeness (QED) is 0.750. The minimum absolute atomic E-state index is 0.000833. The molecular weight excluding hydrogens is 186 g/mol. The number of hydrogen-bond donors (Lipinski definition) is 1. The van der Waals surface area contributed by atoms with E-state index in [2.05, 4.69) is 26.0 Å². The van der Waals surface area contributed by atoms with Crippen molar-refractivity contribution in [1.82, 2.24) is 0 Å². The summed E-state index contributed by atoms with van der Waals surface area (Å²) in [6, 6.07) is 6.23. The van der Waals surface area contributed by atoms with E-state index in [1.54, 1.807) is 0 Å². The van der Waals surface area contributed by atoms with Gasteiger partial charge in [-0.15, -0.1) is 0 Å². The Labute approximate surface area is 90.7 Å². The van der Waals surface area contributed by atoms with Crippen molar-refractivity contribution in [2.24, 2.45) is 5.73 Å². The molecule has 0 bridgehead atoms. The summed E-state index contributed by atoms with van der Waals surface area (Å²) in [6.45, 7) is 4.93. The van der Waals surface area contributed by atoms with Gasteiger partial charge in [-0.2, -0.15) is 0 Å². The molecular formula is C13H17NO. The zero-order chi connectivity index (χ0) is 10.8. The molecule has 80 valence electrons. The van der Waals surface area contributed by atoms with Crippen LogP contribution in [0.25, 0.3) is 0 Å². The summed E-state index contributed by atoms with van der Waals surface area (Å²) in [7, 11) is 0. The first-order valence-corrected chi connectivity index (χ1v) is 5.33. The van der Waals surface area contributed by atoms with Gasteiger partial charge < -0.3 is 10.5 Å². The van der Waals surface area contributed by atoms with Gasteiger partial charge in [-0.25, -0.2) is 0 Å². The SMILES string of the molecule is CC(C)=CC(N)c1ccc2c(c1)CCO2. The molecule has 0 saturated heterocycles. The molecule has 0 fully saturated rings. The van der Waals surface area contributed by atoms with Gasteiger partial charge in [-0.05, 0) is 31.0 Å². The normalized spacial score (nSPS) is 15.4. The fraction of sp³-hybridized carbons (Fsp3) is 0.385. The second-order valence-electron chi connectivity index (χ2n) is 4.24. The molecule has 15 heavy (non-hydrogen) atoms. The average molecular weight is 203 g/mol. The highest BCUT2D eigenvalue weighted by Crippen LogP contribution is 2.28. The molecule has 0 radical (unpaired) electrons. The molecule has 1 aliphatic rings. The summed E-state index contributed by atoms with van der Waals surface area (Å²) in [6.07, 6.45) is 3.09. The van der Waals surface area contributed by atoms with Crippen LogP contribution in [0.4, 0.5) is 0 Å². The van der Waals surface area contributed by atoms with E-state index in [0.717, 1.165) is 18.8 Å². The van der Waals surface area contributed by atoms with E-state index in [9.17, 15) is 0 Å². The minimum Gasteiger partial charge on any atom is -0.493 e. The first-order valence-electron chi connectivity index (χ1n) is 5.33. The van der Waals surface area contributed by atoms with Gasteiger partial charge in [0.1, 0.15) is 5.75 Å². The van der Waals surface area contributed by atoms with E-state index >= 15 is 0 Å². The van der Waals surface area contributed by atoms with E-state index in [0.29, 0.717) is 0 Å². The van der Waals surface area contributed by atoms with Gasteiger partial charge in [0.2, 0.25) is 0 Å². The Bertz CT molecular complexity index is 392. The van der Waals surface area contributed by atoms with Crippen molar-refractivity contribution in [2.75, 3.05) is 6.61 Å². The number of nitrogens with two attached hydrogens (primary N) is 1. The van der Waals surface area contributed by atoms with Crippen LogP contribution >= 0.6 is 0 Å². The maximum Gasteiger partial charge on any atom is 0.122 e. The van der Waals surface area contributed by atoms with Crippen molar-refractivity contribution in [3.05, 3.63) is 41.0 Å². The second-order valence-corrected chi connectivity index (χ2v) is 4.24. The van der Waals surface area contributed by atoms with Gasteiger partial charge in [-0.1, -0.05) is 23.8 Å². The third-order valence-electron chi connectivity index (χ3n) is 2.61. The number of hydrogen-bond acceptors (Lipinski definition) is 2. The molecule has 0 amide bonds. The van der Waals surface area contributed by atoms with E-state index in [-0.39, 0.29) is 6.04 Å². The van der Waals surface area contributed by atoms with Crippen LogP contribution in [0.5, 0.6) is 5.75 Å².